The van der Waals surface area contributed by atoms with Crippen LogP contribution in [-0.4, -0.2) is 65.8 Å². The number of amides is 3. The van der Waals surface area contributed by atoms with Crippen molar-refractivity contribution in [2.45, 2.75) is 13.3 Å². The lowest BCUT2D eigenvalue weighted by Crippen LogP contribution is -2.45. The molecule has 0 aromatic carbocycles. The van der Waals surface area contributed by atoms with Gasteiger partial charge < -0.3 is 25.7 Å². The third kappa shape index (κ3) is 7.44. The number of carbonyl (C=O) groups is 3. The molecule has 0 aromatic rings. The highest BCUT2D eigenvalue weighted by Gasteiger charge is 2.12. The molecule has 0 bridgehead atoms. The van der Waals surface area contributed by atoms with E-state index < -0.39 is 24.5 Å². The molecule has 0 atom stereocenters. The Morgan fingerprint density at radius 3 is 2.33 bits per heavy atom. The molecular weight excluding hydrogens is 242 g/mol. The summed E-state index contributed by atoms with van der Waals surface area (Å²) < 4.78 is 0. The molecule has 0 saturated carbocycles. The number of hydrogen-bond donors (Lipinski definition) is 4. The molecule has 0 fully saturated rings. The number of urea groups is 1. The zero-order valence-corrected chi connectivity index (χ0v) is 10.3. The van der Waals surface area contributed by atoms with Crippen molar-refractivity contribution in [3.8, 4) is 0 Å². The number of nitrogens with one attached hydrogen (secondary N) is 2. The highest BCUT2D eigenvalue weighted by Crippen LogP contribution is 1.91. The van der Waals surface area contributed by atoms with Crippen molar-refractivity contribution in [3.63, 3.8) is 0 Å². The van der Waals surface area contributed by atoms with E-state index in [1.165, 1.54) is 4.90 Å². The van der Waals surface area contributed by atoms with Crippen LogP contribution < -0.4 is 10.6 Å². The number of carboxylic acid groups (broad SMARTS) is 1. The summed E-state index contributed by atoms with van der Waals surface area (Å²) in [6, 6.07) is -0.420. The number of aliphatic hydroxyl groups is 1. The number of carboxylic acids is 1. The van der Waals surface area contributed by atoms with E-state index in [-0.39, 0.29) is 13.2 Å². The number of rotatable bonds is 8. The highest BCUT2D eigenvalue weighted by molar-refractivity contribution is 5.86. The minimum Gasteiger partial charge on any atom is -0.480 e. The Bertz CT molecular complexity index is 295. The average Bonchev–Trinajstić information content (AvgIpc) is 2.34. The van der Waals surface area contributed by atoms with Crippen LogP contribution in [0.5, 0.6) is 0 Å². The molecule has 0 saturated heterocycles. The summed E-state index contributed by atoms with van der Waals surface area (Å²) >= 11 is 0. The molecule has 0 spiro atoms. The second-order valence-electron chi connectivity index (χ2n) is 3.49. The van der Waals surface area contributed by atoms with Gasteiger partial charge in [0.25, 0.3) is 0 Å². The second-order valence-corrected chi connectivity index (χ2v) is 3.49. The van der Waals surface area contributed by atoms with Gasteiger partial charge in [0.05, 0.1) is 6.54 Å². The quantitative estimate of drug-likeness (QED) is 0.428. The fraction of sp³-hybridized carbons (Fsp3) is 0.700. The van der Waals surface area contributed by atoms with Crippen molar-refractivity contribution in [1.29, 1.82) is 0 Å². The molecule has 0 radical (unpaired) electrons. The van der Waals surface area contributed by atoms with E-state index in [0.29, 0.717) is 19.5 Å². The molecule has 0 unspecified atom stereocenters. The van der Waals surface area contributed by atoms with E-state index in [0.717, 1.165) is 0 Å². The number of nitrogens with zero attached hydrogens (tertiary/aromatic N) is 1. The van der Waals surface area contributed by atoms with Gasteiger partial charge in [-0.15, -0.1) is 0 Å². The molecule has 0 aliphatic rings. The molecule has 104 valence electrons. The first-order valence-corrected chi connectivity index (χ1v) is 5.63. The number of hydrogen-bond acceptors (Lipinski definition) is 4. The summed E-state index contributed by atoms with van der Waals surface area (Å²) in [5.74, 6) is -1.71. The van der Waals surface area contributed by atoms with E-state index in [4.69, 9.17) is 10.2 Å². The summed E-state index contributed by atoms with van der Waals surface area (Å²) in [6.07, 6.45) is 0.465. The number of aliphatic hydroxyl groups excluding tert-OH is 1. The van der Waals surface area contributed by atoms with Gasteiger partial charge in [-0.25, -0.2) is 4.79 Å². The monoisotopic (exact) mass is 261 g/mol. The number of aliphatic carboxylic acids is 1. The SMILES string of the molecule is CCN(CCCO)C(=O)NCC(=O)NCC(=O)O. The van der Waals surface area contributed by atoms with Crippen molar-refractivity contribution in [1.82, 2.24) is 15.5 Å². The Labute approximate surface area is 105 Å². The van der Waals surface area contributed by atoms with Crippen LogP contribution in [0.4, 0.5) is 4.79 Å². The summed E-state index contributed by atoms with van der Waals surface area (Å²) in [6.45, 7) is 1.88. The van der Waals surface area contributed by atoms with E-state index in [1.807, 2.05) is 0 Å². The van der Waals surface area contributed by atoms with Crippen molar-refractivity contribution < 1.29 is 24.6 Å². The molecule has 8 nitrogen and oxygen atoms in total. The maximum atomic E-state index is 11.6. The second kappa shape index (κ2) is 9.23. The Morgan fingerprint density at radius 2 is 1.83 bits per heavy atom. The van der Waals surface area contributed by atoms with E-state index >= 15 is 0 Å². The third-order valence-electron chi connectivity index (χ3n) is 2.09. The van der Waals surface area contributed by atoms with Gasteiger partial charge in [-0.1, -0.05) is 0 Å². The van der Waals surface area contributed by atoms with Crippen LogP contribution in [0.3, 0.4) is 0 Å². The van der Waals surface area contributed by atoms with Gasteiger partial charge in [0.2, 0.25) is 5.91 Å². The van der Waals surface area contributed by atoms with Crippen molar-refractivity contribution >= 4 is 17.9 Å². The summed E-state index contributed by atoms with van der Waals surface area (Å²) in [4.78, 5) is 34.3. The van der Waals surface area contributed by atoms with Crippen LogP contribution in [0.2, 0.25) is 0 Å². The first-order valence-electron chi connectivity index (χ1n) is 5.63. The van der Waals surface area contributed by atoms with E-state index in [1.54, 1.807) is 6.92 Å². The Kier molecular flexibility index (Phi) is 8.29. The predicted molar refractivity (Wildman–Crippen MR) is 63.0 cm³/mol. The molecular formula is C10H19N3O5. The Hall–Kier alpha value is -1.83. The zero-order chi connectivity index (χ0) is 14.0. The van der Waals surface area contributed by atoms with Crippen molar-refractivity contribution in [2.75, 3.05) is 32.8 Å². The average molecular weight is 261 g/mol. The molecule has 0 aliphatic carbocycles. The van der Waals surface area contributed by atoms with Crippen molar-refractivity contribution in [3.05, 3.63) is 0 Å². The topological polar surface area (TPSA) is 119 Å². The van der Waals surface area contributed by atoms with Gasteiger partial charge >= 0.3 is 12.0 Å². The number of carbonyl (C=O) groups excluding carboxylic acids is 2. The van der Waals surface area contributed by atoms with Crippen LogP contribution in [0.25, 0.3) is 0 Å². The molecule has 0 heterocycles. The van der Waals surface area contributed by atoms with Gasteiger partial charge in [0.1, 0.15) is 6.54 Å². The van der Waals surface area contributed by atoms with Crippen LogP contribution in [-0.2, 0) is 9.59 Å². The fourth-order valence-electron chi connectivity index (χ4n) is 1.17. The fourth-order valence-corrected chi connectivity index (χ4v) is 1.17. The lowest BCUT2D eigenvalue weighted by atomic mass is 10.4. The van der Waals surface area contributed by atoms with Gasteiger partial charge in [0.15, 0.2) is 0 Å². The van der Waals surface area contributed by atoms with Crippen LogP contribution in [0.15, 0.2) is 0 Å². The molecule has 3 amide bonds. The Balaban J connectivity index is 3.91. The molecule has 18 heavy (non-hydrogen) atoms. The zero-order valence-electron chi connectivity index (χ0n) is 10.3. The summed E-state index contributed by atoms with van der Waals surface area (Å²) in [5.41, 5.74) is 0. The third-order valence-corrected chi connectivity index (χ3v) is 2.09. The smallest absolute Gasteiger partial charge is 0.322 e. The van der Waals surface area contributed by atoms with Crippen LogP contribution in [0.1, 0.15) is 13.3 Å². The maximum Gasteiger partial charge on any atom is 0.322 e. The van der Waals surface area contributed by atoms with E-state index in [9.17, 15) is 14.4 Å². The predicted octanol–water partition coefficient (Wildman–Crippen LogP) is -1.40. The molecule has 0 aromatic heterocycles. The lowest BCUT2D eigenvalue weighted by molar-refractivity contribution is -0.137. The van der Waals surface area contributed by atoms with Gasteiger partial charge in [-0.2, -0.15) is 0 Å². The van der Waals surface area contributed by atoms with Gasteiger partial charge in [-0.05, 0) is 13.3 Å². The van der Waals surface area contributed by atoms with Gasteiger partial charge in [-0.3, -0.25) is 9.59 Å². The van der Waals surface area contributed by atoms with Crippen molar-refractivity contribution in [2.24, 2.45) is 0 Å². The minimum atomic E-state index is -1.15. The minimum absolute atomic E-state index is 0.0110. The molecule has 0 aliphatic heterocycles. The first kappa shape index (κ1) is 16.2. The van der Waals surface area contributed by atoms with Crippen LogP contribution >= 0.6 is 0 Å². The Morgan fingerprint density at radius 1 is 1.17 bits per heavy atom. The molecule has 0 rings (SSSR count). The lowest BCUT2D eigenvalue weighted by Gasteiger charge is -2.20. The normalized spacial score (nSPS) is 9.67. The van der Waals surface area contributed by atoms with Crippen LogP contribution in [0, 0.1) is 0 Å². The standard InChI is InChI=1S/C10H19N3O5/c1-2-13(4-3-5-14)10(18)12-6-8(15)11-7-9(16)17/h14H,2-7H2,1H3,(H,11,15)(H,12,18)(H,16,17). The summed E-state index contributed by atoms with van der Waals surface area (Å²) in [7, 11) is 0. The van der Waals surface area contributed by atoms with Gasteiger partial charge in [0, 0.05) is 19.7 Å². The molecule has 8 heteroatoms. The summed E-state index contributed by atoms with van der Waals surface area (Å²) in [5, 5.41) is 21.5. The largest absolute Gasteiger partial charge is 0.480 e. The molecule has 4 N–H and O–H groups in total. The first-order chi connectivity index (χ1) is 8.51. The van der Waals surface area contributed by atoms with E-state index in [2.05, 4.69) is 10.6 Å². The maximum absolute atomic E-state index is 11.6. The highest BCUT2D eigenvalue weighted by atomic mass is 16.4.